The Bertz CT molecular complexity index is 560. The molecule has 2 saturated heterocycles. The summed E-state index contributed by atoms with van der Waals surface area (Å²) >= 11 is 1.60. The topological polar surface area (TPSA) is 49.9 Å². The average molecular weight is 322 g/mol. The van der Waals surface area contributed by atoms with Crippen LogP contribution < -0.4 is 4.90 Å². The smallest absolute Gasteiger partial charge is 0.235 e. The van der Waals surface area contributed by atoms with Gasteiger partial charge in [-0.1, -0.05) is 6.92 Å². The van der Waals surface area contributed by atoms with Gasteiger partial charge in [-0.2, -0.15) is 11.3 Å². The van der Waals surface area contributed by atoms with E-state index in [4.69, 9.17) is 4.74 Å². The number of likely N-dealkylation sites (tertiary alicyclic amines) is 1. The Balaban J connectivity index is 1.74. The van der Waals surface area contributed by atoms with Crippen LogP contribution in [0.1, 0.15) is 19.8 Å². The minimum atomic E-state index is -0.398. The summed E-state index contributed by atoms with van der Waals surface area (Å²) in [6.45, 7) is 4.51. The second-order valence-corrected chi connectivity index (χ2v) is 7.04. The molecule has 2 aliphatic rings. The minimum absolute atomic E-state index is 0.0901. The highest BCUT2D eigenvalue weighted by atomic mass is 32.1. The number of carbonyl (C=O) groups excluding carboxylic acids is 2. The quantitative estimate of drug-likeness (QED) is 0.852. The molecule has 120 valence electrons. The SMILES string of the molecule is COCCC(=O)N1C[C@H](C)[C@]2(CCN(c3ccsc3)C2=O)C1. The van der Waals surface area contributed by atoms with Crippen molar-refractivity contribution in [3.8, 4) is 0 Å². The van der Waals surface area contributed by atoms with Crippen molar-refractivity contribution in [2.24, 2.45) is 11.3 Å². The largest absolute Gasteiger partial charge is 0.384 e. The minimum Gasteiger partial charge on any atom is -0.384 e. The first-order chi connectivity index (χ1) is 10.6. The van der Waals surface area contributed by atoms with Gasteiger partial charge in [0.15, 0.2) is 0 Å². The molecule has 2 fully saturated rings. The predicted molar refractivity (Wildman–Crippen MR) is 86.0 cm³/mol. The highest BCUT2D eigenvalue weighted by Gasteiger charge is 2.56. The first-order valence-corrected chi connectivity index (χ1v) is 8.63. The number of methoxy groups -OCH3 is 1. The molecule has 2 atom stereocenters. The summed E-state index contributed by atoms with van der Waals surface area (Å²) in [5.74, 6) is 0.475. The third-order valence-corrected chi connectivity index (χ3v) is 5.72. The van der Waals surface area contributed by atoms with E-state index in [0.29, 0.717) is 26.1 Å². The maximum absolute atomic E-state index is 13.0. The van der Waals surface area contributed by atoms with Gasteiger partial charge < -0.3 is 14.5 Å². The van der Waals surface area contributed by atoms with E-state index in [2.05, 4.69) is 6.92 Å². The fraction of sp³-hybridized carbons (Fsp3) is 0.625. The van der Waals surface area contributed by atoms with Crippen LogP contribution in [0.3, 0.4) is 0 Å². The lowest BCUT2D eigenvalue weighted by Gasteiger charge is -2.26. The molecule has 5 nitrogen and oxygen atoms in total. The third kappa shape index (κ3) is 2.44. The zero-order valence-electron chi connectivity index (χ0n) is 13.1. The highest BCUT2D eigenvalue weighted by Crippen LogP contribution is 2.46. The lowest BCUT2D eigenvalue weighted by Crippen LogP contribution is -2.40. The summed E-state index contributed by atoms with van der Waals surface area (Å²) in [6.07, 6.45) is 1.22. The molecule has 0 aliphatic carbocycles. The third-order valence-electron chi connectivity index (χ3n) is 5.05. The molecule has 0 N–H and O–H groups in total. The zero-order chi connectivity index (χ0) is 15.7. The number of hydrogen-bond donors (Lipinski definition) is 0. The molecular formula is C16H22N2O3S. The van der Waals surface area contributed by atoms with Crippen LogP contribution in [0.15, 0.2) is 16.8 Å². The highest BCUT2D eigenvalue weighted by molar-refractivity contribution is 7.08. The standard InChI is InChI=1S/C16H22N2O3S/c1-12-9-17(14(19)3-7-21-2)11-16(12)5-6-18(15(16)20)13-4-8-22-10-13/h4,8,10,12H,3,5-7,9,11H2,1-2H3/t12-,16-/m0/s1. The summed E-state index contributed by atoms with van der Waals surface area (Å²) in [5.41, 5.74) is 0.591. The van der Waals surface area contributed by atoms with Gasteiger partial charge in [-0.15, -0.1) is 0 Å². The number of thiophene rings is 1. The number of hydrogen-bond acceptors (Lipinski definition) is 4. The van der Waals surface area contributed by atoms with Crippen molar-refractivity contribution in [1.29, 1.82) is 0 Å². The summed E-state index contributed by atoms with van der Waals surface area (Å²) < 4.78 is 4.98. The van der Waals surface area contributed by atoms with Gasteiger partial charge in [0.25, 0.3) is 0 Å². The Morgan fingerprint density at radius 3 is 3.05 bits per heavy atom. The van der Waals surface area contributed by atoms with Crippen molar-refractivity contribution in [3.05, 3.63) is 16.8 Å². The first-order valence-electron chi connectivity index (χ1n) is 7.69. The van der Waals surface area contributed by atoms with E-state index in [0.717, 1.165) is 18.7 Å². The molecule has 0 radical (unpaired) electrons. The van der Waals surface area contributed by atoms with Gasteiger partial charge >= 0.3 is 0 Å². The van der Waals surface area contributed by atoms with Gasteiger partial charge in [0.2, 0.25) is 11.8 Å². The summed E-state index contributed by atoms with van der Waals surface area (Å²) in [5, 5.41) is 4.00. The average Bonchev–Trinajstić information content (AvgIpc) is 3.20. The predicted octanol–water partition coefficient (Wildman–Crippen LogP) is 1.99. The van der Waals surface area contributed by atoms with Gasteiger partial charge in [-0.25, -0.2) is 0 Å². The number of amides is 2. The van der Waals surface area contributed by atoms with Gasteiger partial charge in [0.05, 0.1) is 24.1 Å². The Labute approximate surface area is 134 Å². The Kier molecular flexibility index (Phi) is 4.23. The van der Waals surface area contributed by atoms with Crippen molar-refractivity contribution in [2.45, 2.75) is 19.8 Å². The van der Waals surface area contributed by atoms with E-state index in [1.807, 2.05) is 26.6 Å². The number of ether oxygens (including phenoxy) is 1. The van der Waals surface area contributed by atoms with Crippen molar-refractivity contribution in [2.75, 3.05) is 38.3 Å². The van der Waals surface area contributed by atoms with Crippen molar-refractivity contribution < 1.29 is 14.3 Å². The molecule has 1 aromatic rings. The molecule has 0 aromatic carbocycles. The van der Waals surface area contributed by atoms with Crippen LogP contribution in [0.5, 0.6) is 0 Å². The number of anilines is 1. The van der Waals surface area contributed by atoms with Crippen LogP contribution in [-0.4, -0.2) is 50.1 Å². The van der Waals surface area contributed by atoms with E-state index in [1.165, 1.54) is 0 Å². The molecule has 3 heterocycles. The molecule has 0 unspecified atom stereocenters. The van der Waals surface area contributed by atoms with E-state index in [1.54, 1.807) is 18.4 Å². The molecular weight excluding hydrogens is 300 g/mol. The Morgan fingerprint density at radius 2 is 2.36 bits per heavy atom. The van der Waals surface area contributed by atoms with Crippen LogP contribution >= 0.6 is 11.3 Å². The lowest BCUT2D eigenvalue weighted by molar-refractivity contribution is -0.132. The molecule has 22 heavy (non-hydrogen) atoms. The summed E-state index contributed by atoms with van der Waals surface area (Å²) in [7, 11) is 1.60. The summed E-state index contributed by atoms with van der Waals surface area (Å²) in [4.78, 5) is 28.9. The fourth-order valence-electron chi connectivity index (χ4n) is 3.65. The van der Waals surface area contributed by atoms with Crippen LogP contribution in [0.25, 0.3) is 0 Å². The van der Waals surface area contributed by atoms with Crippen molar-refractivity contribution in [1.82, 2.24) is 4.90 Å². The first kappa shape index (κ1) is 15.5. The molecule has 0 bridgehead atoms. The second kappa shape index (κ2) is 6.01. The van der Waals surface area contributed by atoms with Gasteiger partial charge in [0, 0.05) is 32.1 Å². The second-order valence-electron chi connectivity index (χ2n) is 6.26. The maximum atomic E-state index is 13.0. The monoisotopic (exact) mass is 322 g/mol. The molecule has 1 spiro atoms. The number of rotatable bonds is 4. The summed E-state index contributed by atoms with van der Waals surface area (Å²) in [6, 6.07) is 1.99. The molecule has 2 aliphatic heterocycles. The van der Waals surface area contributed by atoms with Crippen LogP contribution in [0, 0.1) is 11.3 Å². The normalized spacial score (nSPS) is 28.1. The van der Waals surface area contributed by atoms with Crippen molar-refractivity contribution >= 4 is 28.8 Å². The van der Waals surface area contributed by atoms with E-state index < -0.39 is 5.41 Å². The maximum Gasteiger partial charge on any atom is 0.235 e. The molecule has 3 rings (SSSR count). The van der Waals surface area contributed by atoms with Crippen LogP contribution in [-0.2, 0) is 14.3 Å². The molecule has 1 aromatic heterocycles. The van der Waals surface area contributed by atoms with Crippen LogP contribution in [0.4, 0.5) is 5.69 Å². The fourth-order valence-corrected chi connectivity index (χ4v) is 4.30. The van der Waals surface area contributed by atoms with E-state index >= 15 is 0 Å². The van der Waals surface area contributed by atoms with Gasteiger partial charge in [-0.3, -0.25) is 9.59 Å². The Morgan fingerprint density at radius 1 is 1.55 bits per heavy atom. The molecule has 0 saturated carbocycles. The molecule has 6 heteroatoms. The van der Waals surface area contributed by atoms with E-state index in [9.17, 15) is 9.59 Å². The van der Waals surface area contributed by atoms with Gasteiger partial charge in [0.1, 0.15) is 0 Å². The number of nitrogens with zero attached hydrogens (tertiary/aromatic N) is 2. The lowest BCUT2D eigenvalue weighted by atomic mass is 9.78. The van der Waals surface area contributed by atoms with Gasteiger partial charge in [-0.05, 0) is 23.8 Å². The Hall–Kier alpha value is -1.40. The number of carbonyl (C=O) groups is 2. The zero-order valence-corrected chi connectivity index (χ0v) is 13.9. The van der Waals surface area contributed by atoms with E-state index in [-0.39, 0.29) is 17.7 Å². The van der Waals surface area contributed by atoms with Crippen molar-refractivity contribution in [3.63, 3.8) is 0 Å². The van der Waals surface area contributed by atoms with Crippen LogP contribution in [0.2, 0.25) is 0 Å². The molecule has 2 amide bonds.